The molecule has 1 aromatic rings. The number of ether oxygens (including phenoxy) is 2. The van der Waals surface area contributed by atoms with Crippen molar-refractivity contribution in [3.63, 3.8) is 0 Å². The SMILES string of the molecule is O=C(CCc1ccc(OC(F)(F)F)cc1)NC[C@@H]1CNC(=O)O1. The Morgan fingerprint density at radius 2 is 2.04 bits per heavy atom. The molecule has 9 heteroatoms. The number of halogens is 3. The minimum Gasteiger partial charge on any atom is -0.442 e. The van der Waals surface area contributed by atoms with Crippen LogP contribution in [0, 0.1) is 0 Å². The fraction of sp³-hybridized carbons (Fsp3) is 0.429. The Hall–Kier alpha value is -2.45. The monoisotopic (exact) mass is 332 g/mol. The molecular formula is C14H15F3N2O4. The summed E-state index contributed by atoms with van der Waals surface area (Å²) in [6.45, 7) is 0.565. The smallest absolute Gasteiger partial charge is 0.442 e. The molecule has 1 atom stereocenters. The van der Waals surface area contributed by atoms with Crippen molar-refractivity contribution in [2.75, 3.05) is 13.1 Å². The normalized spacial score (nSPS) is 17.3. The van der Waals surface area contributed by atoms with Gasteiger partial charge in [0.1, 0.15) is 11.9 Å². The highest BCUT2D eigenvalue weighted by atomic mass is 19.4. The van der Waals surface area contributed by atoms with Crippen LogP contribution in [0.3, 0.4) is 0 Å². The topological polar surface area (TPSA) is 76.7 Å². The van der Waals surface area contributed by atoms with E-state index in [1.807, 2.05) is 0 Å². The van der Waals surface area contributed by atoms with Crippen LogP contribution >= 0.6 is 0 Å². The first-order valence-corrected chi connectivity index (χ1v) is 6.88. The zero-order valence-corrected chi connectivity index (χ0v) is 12.0. The van der Waals surface area contributed by atoms with Crippen molar-refractivity contribution in [1.29, 1.82) is 0 Å². The third kappa shape index (κ3) is 6.05. The lowest BCUT2D eigenvalue weighted by molar-refractivity contribution is -0.274. The number of cyclic esters (lactones) is 1. The number of hydrogen-bond acceptors (Lipinski definition) is 4. The van der Waals surface area contributed by atoms with Gasteiger partial charge >= 0.3 is 12.5 Å². The van der Waals surface area contributed by atoms with Gasteiger partial charge in [-0.25, -0.2) is 4.79 Å². The van der Waals surface area contributed by atoms with Gasteiger partial charge in [-0.2, -0.15) is 0 Å². The Labute approximate surface area is 129 Å². The van der Waals surface area contributed by atoms with E-state index in [4.69, 9.17) is 4.74 Å². The van der Waals surface area contributed by atoms with Crippen LogP contribution in [0.15, 0.2) is 24.3 Å². The Bertz CT molecular complexity index is 560. The van der Waals surface area contributed by atoms with Crippen LogP contribution in [-0.4, -0.2) is 37.6 Å². The van der Waals surface area contributed by atoms with Crippen molar-refractivity contribution in [3.05, 3.63) is 29.8 Å². The summed E-state index contributed by atoms with van der Waals surface area (Å²) in [7, 11) is 0. The zero-order chi connectivity index (χ0) is 16.9. The van der Waals surface area contributed by atoms with Crippen LogP contribution in [0.4, 0.5) is 18.0 Å². The summed E-state index contributed by atoms with van der Waals surface area (Å²) in [4.78, 5) is 22.5. The largest absolute Gasteiger partial charge is 0.573 e. The third-order valence-electron chi connectivity index (χ3n) is 3.07. The van der Waals surface area contributed by atoms with Crippen molar-refractivity contribution in [2.24, 2.45) is 0 Å². The highest BCUT2D eigenvalue weighted by molar-refractivity contribution is 5.76. The van der Waals surface area contributed by atoms with Gasteiger partial charge in [-0.1, -0.05) is 12.1 Å². The average molecular weight is 332 g/mol. The highest BCUT2D eigenvalue weighted by Gasteiger charge is 2.30. The number of benzene rings is 1. The molecule has 1 saturated heterocycles. The Morgan fingerprint density at radius 1 is 1.35 bits per heavy atom. The number of rotatable bonds is 6. The summed E-state index contributed by atoms with van der Waals surface area (Å²) in [5.41, 5.74) is 0.712. The first-order chi connectivity index (χ1) is 10.8. The van der Waals surface area contributed by atoms with Gasteiger partial charge in [-0.15, -0.1) is 13.2 Å². The molecule has 1 aromatic carbocycles. The number of alkyl carbamates (subject to hydrolysis) is 1. The molecule has 1 aliphatic heterocycles. The maximum atomic E-state index is 12.0. The van der Waals surface area contributed by atoms with Crippen molar-refractivity contribution >= 4 is 12.0 Å². The number of carbonyl (C=O) groups is 2. The predicted octanol–water partition coefficient (Wildman–Crippen LogP) is 1.74. The molecular weight excluding hydrogens is 317 g/mol. The van der Waals surface area contributed by atoms with Gasteiger partial charge in [0.05, 0.1) is 13.1 Å². The molecule has 2 amide bonds. The quantitative estimate of drug-likeness (QED) is 0.832. The van der Waals surface area contributed by atoms with Crippen LogP contribution < -0.4 is 15.4 Å². The lowest BCUT2D eigenvalue weighted by Gasteiger charge is -2.10. The number of carbonyl (C=O) groups excluding carboxylic acids is 2. The van der Waals surface area contributed by atoms with Crippen molar-refractivity contribution in [2.45, 2.75) is 25.3 Å². The number of hydrogen-bond donors (Lipinski definition) is 2. The second-order valence-electron chi connectivity index (χ2n) is 4.90. The van der Waals surface area contributed by atoms with Gasteiger partial charge < -0.3 is 20.1 Å². The Kier molecular flexibility index (Phi) is 5.30. The van der Waals surface area contributed by atoms with Crippen molar-refractivity contribution < 1.29 is 32.2 Å². The molecule has 23 heavy (non-hydrogen) atoms. The van der Waals surface area contributed by atoms with Crippen molar-refractivity contribution in [1.82, 2.24) is 10.6 Å². The third-order valence-corrected chi connectivity index (χ3v) is 3.07. The zero-order valence-electron chi connectivity index (χ0n) is 12.0. The molecule has 6 nitrogen and oxygen atoms in total. The van der Waals surface area contributed by atoms with E-state index < -0.39 is 12.5 Å². The standard InChI is InChI=1S/C14H15F3N2O4/c15-14(16,17)23-10-4-1-9(2-5-10)3-6-12(20)18-7-11-8-19-13(21)22-11/h1-2,4-5,11H,3,6-8H2,(H,18,20)(H,19,21)/t11-/m1/s1. The summed E-state index contributed by atoms with van der Waals surface area (Å²) in [5, 5.41) is 5.10. The van der Waals surface area contributed by atoms with Crippen molar-refractivity contribution in [3.8, 4) is 5.75 Å². The van der Waals surface area contributed by atoms with Crippen LogP contribution in [0.25, 0.3) is 0 Å². The predicted molar refractivity (Wildman–Crippen MR) is 72.7 cm³/mol. The number of alkyl halides is 3. The molecule has 2 rings (SSSR count). The van der Waals surface area contributed by atoms with E-state index in [1.165, 1.54) is 24.3 Å². The lowest BCUT2D eigenvalue weighted by Crippen LogP contribution is -2.34. The second kappa shape index (κ2) is 7.21. The first-order valence-electron chi connectivity index (χ1n) is 6.88. The van der Waals surface area contributed by atoms with Gasteiger partial charge in [-0.3, -0.25) is 4.79 Å². The number of amides is 2. The van der Waals surface area contributed by atoms with Crippen LogP contribution in [0.5, 0.6) is 5.75 Å². The summed E-state index contributed by atoms with van der Waals surface area (Å²) in [6.07, 6.45) is -5.07. The van der Waals surface area contributed by atoms with E-state index in [1.54, 1.807) is 0 Å². The molecule has 0 aliphatic carbocycles. The molecule has 126 valence electrons. The minimum absolute atomic E-state index is 0.174. The molecule has 2 N–H and O–H groups in total. The lowest BCUT2D eigenvalue weighted by atomic mass is 10.1. The summed E-state index contributed by atoms with van der Waals surface area (Å²) in [5.74, 6) is -0.537. The molecule has 0 saturated carbocycles. The fourth-order valence-corrected chi connectivity index (χ4v) is 1.98. The van der Waals surface area contributed by atoms with Crippen LogP contribution in [0.1, 0.15) is 12.0 Å². The minimum atomic E-state index is -4.72. The molecule has 1 heterocycles. The molecule has 0 bridgehead atoms. The van der Waals surface area contributed by atoms with E-state index in [0.29, 0.717) is 18.5 Å². The summed E-state index contributed by atoms with van der Waals surface area (Å²) in [6, 6.07) is 5.34. The molecule has 0 unspecified atom stereocenters. The van der Waals surface area contributed by atoms with Gasteiger partial charge in [0.25, 0.3) is 0 Å². The van der Waals surface area contributed by atoms with Crippen LogP contribution in [-0.2, 0) is 16.0 Å². The number of nitrogens with one attached hydrogen (secondary N) is 2. The average Bonchev–Trinajstić information content (AvgIpc) is 2.88. The van der Waals surface area contributed by atoms with Gasteiger partial charge in [0.2, 0.25) is 5.91 Å². The molecule has 1 aliphatic rings. The molecule has 1 fully saturated rings. The Balaban J connectivity index is 1.70. The van der Waals surface area contributed by atoms with E-state index in [2.05, 4.69) is 15.4 Å². The molecule has 0 radical (unpaired) electrons. The van der Waals surface area contributed by atoms with E-state index in [-0.39, 0.29) is 30.7 Å². The van der Waals surface area contributed by atoms with Gasteiger partial charge in [-0.05, 0) is 24.1 Å². The summed E-state index contributed by atoms with van der Waals surface area (Å²) < 4.78 is 44.7. The van der Waals surface area contributed by atoms with Gasteiger partial charge in [0, 0.05) is 6.42 Å². The first kappa shape index (κ1) is 16.9. The van der Waals surface area contributed by atoms with E-state index >= 15 is 0 Å². The maximum absolute atomic E-state index is 12.0. The maximum Gasteiger partial charge on any atom is 0.573 e. The fourth-order valence-electron chi connectivity index (χ4n) is 1.98. The molecule has 0 spiro atoms. The molecule has 0 aromatic heterocycles. The highest BCUT2D eigenvalue weighted by Crippen LogP contribution is 2.22. The Morgan fingerprint density at radius 3 is 2.61 bits per heavy atom. The van der Waals surface area contributed by atoms with E-state index in [0.717, 1.165) is 0 Å². The van der Waals surface area contributed by atoms with Crippen LogP contribution in [0.2, 0.25) is 0 Å². The summed E-state index contributed by atoms with van der Waals surface area (Å²) >= 11 is 0. The van der Waals surface area contributed by atoms with Gasteiger partial charge in [0.15, 0.2) is 0 Å². The number of aryl methyl sites for hydroxylation is 1. The second-order valence-corrected chi connectivity index (χ2v) is 4.90. The van der Waals surface area contributed by atoms with E-state index in [9.17, 15) is 22.8 Å².